The van der Waals surface area contributed by atoms with Gasteiger partial charge in [-0.2, -0.15) is 0 Å². The van der Waals surface area contributed by atoms with Crippen LogP contribution in [0.2, 0.25) is 0 Å². The van der Waals surface area contributed by atoms with Crippen molar-refractivity contribution in [3.05, 3.63) is 77.1 Å². The number of H-pyrrole nitrogens is 1. The van der Waals surface area contributed by atoms with Crippen LogP contribution < -0.4 is 10.4 Å². The largest absolute Gasteiger partial charge is 0.497 e. The molecule has 0 aliphatic heterocycles. The smallest absolute Gasteiger partial charge is 0.328 e. The predicted molar refractivity (Wildman–Crippen MR) is 104 cm³/mol. The summed E-state index contributed by atoms with van der Waals surface area (Å²) in [6, 6.07) is 13.4. The molecule has 0 amide bonds. The maximum atomic E-state index is 12.5. The molecule has 1 N–H and O–H groups in total. The summed E-state index contributed by atoms with van der Waals surface area (Å²) in [6.45, 7) is 0.375. The van der Waals surface area contributed by atoms with Gasteiger partial charge >= 0.3 is 5.69 Å². The van der Waals surface area contributed by atoms with E-state index in [1.54, 1.807) is 24.1 Å². The van der Waals surface area contributed by atoms with Crippen molar-refractivity contribution in [1.29, 1.82) is 0 Å². The van der Waals surface area contributed by atoms with E-state index in [0.29, 0.717) is 23.5 Å². The molecule has 0 saturated heterocycles. The minimum absolute atomic E-state index is 0.234. The van der Waals surface area contributed by atoms with Gasteiger partial charge < -0.3 is 9.72 Å². The molecule has 4 aromatic heterocycles. The molecule has 8 heteroatoms. The number of hydrogen-bond acceptors (Lipinski definition) is 5. The Morgan fingerprint density at radius 2 is 2.04 bits per heavy atom. The monoisotopic (exact) mass is 372 g/mol. The summed E-state index contributed by atoms with van der Waals surface area (Å²) in [7, 11) is 1.62. The van der Waals surface area contributed by atoms with Gasteiger partial charge in [-0.25, -0.2) is 19.7 Å². The van der Waals surface area contributed by atoms with Crippen molar-refractivity contribution in [2.45, 2.75) is 6.54 Å². The van der Waals surface area contributed by atoms with Crippen LogP contribution >= 0.6 is 0 Å². The van der Waals surface area contributed by atoms with E-state index in [-0.39, 0.29) is 5.69 Å². The van der Waals surface area contributed by atoms with E-state index < -0.39 is 0 Å². The summed E-state index contributed by atoms with van der Waals surface area (Å²) < 4.78 is 8.78. The van der Waals surface area contributed by atoms with E-state index in [1.165, 1.54) is 0 Å². The summed E-state index contributed by atoms with van der Waals surface area (Å²) in [4.78, 5) is 28.8. The number of rotatable bonds is 4. The predicted octanol–water partition coefficient (Wildman–Crippen LogP) is 2.49. The highest BCUT2D eigenvalue weighted by Crippen LogP contribution is 2.20. The van der Waals surface area contributed by atoms with Gasteiger partial charge in [0.15, 0.2) is 11.5 Å². The SMILES string of the molecule is COc1cccc(Cn2c(=O)[nH]c3cnc(-c4cnc5ccccn45)nc32)c1. The zero-order valence-corrected chi connectivity index (χ0v) is 15.0. The van der Waals surface area contributed by atoms with Crippen molar-refractivity contribution in [2.24, 2.45) is 0 Å². The first-order chi connectivity index (χ1) is 13.7. The Morgan fingerprint density at radius 1 is 1.11 bits per heavy atom. The number of aromatic amines is 1. The molecule has 138 valence electrons. The second-order valence-corrected chi connectivity index (χ2v) is 6.37. The van der Waals surface area contributed by atoms with Crippen LogP contribution in [0.1, 0.15) is 5.56 Å². The number of benzene rings is 1. The molecule has 1 aromatic carbocycles. The number of aromatic nitrogens is 6. The van der Waals surface area contributed by atoms with E-state index in [1.807, 2.05) is 53.1 Å². The van der Waals surface area contributed by atoms with Crippen molar-refractivity contribution >= 4 is 16.8 Å². The first-order valence-corrected chi connectivity index (χ1v) is 8.74. The van der Waals surface area contributed by atoms with Crippen LogP contribution in [0.3, 0.4) is 0 Å². The number of nitrogens with one attached hydrogen (secondary N) is 1. The highest BCUT2D eigenvalue weighted by atomic mass is 16.5. The summed E-state index contributed by atoms with van der Waals surface area (Å²) in [5, 5.41) is 0. The molecular formula is C20H16N6O2. The highest BCUT2D eigenvalue weighted by molar-refractivity contribution is 5.72. The molecule has 0 bridgehead atoms. The second-order valence-electron chi connectivity index (χ2n) is 6.37. The van der Waals surface area contributed by atoms with Gasteiger partial charge in [0.2, 0.25) is 0 Å². The molecule has 0 aliphatic carbocycles. The van der Waals surface area contributed by atoms with Crippen molar-refractivity contribution in [3.63, 3.8) is 0 Å². The number of fused-ring (bicyclic) bond motifs is 2. The van der Waals surface area contributed by atoms with E-state index >= 15 is 0 Å². The third-order valence-corrected chi connectivity index (χ3v) is 4.63. The van der Waals surface area contributed by atoms with Crippen LogP contribution in [0, 0.1) is 0 Å². The standard InChI is InChI=1S/C20H16N6O2/c1-28-14-6-4-5-13(9-14)12-26-19-15(23-20(26)27)10-22-18(24-19)16-11-21-17-7-2-3-8-25(16)17/h2-11H,12H2,1H3,(H,23,27). The molecule has 5 aromatic rings. The van der Waals surface area contributed by atoms with Crippen LogP contribution in [0.25, 0.3) is 28.3 Å². The fraction of sp³-hybridized carbons (Fsp3) is 0.100. The van der Waals surface area contributed by atoms with Crippen molar-refractivity contribution in [1.82, 2.24) is 28.9 Å². The number of hydrogen-bond donors (Lipinski definition) is 1. The molecule has 0 atom stereocenters. The number of methoxy groups -OCH3 is 1. The Hall–Kier alpha value is -3.94. The zero-order chi connectivity index (χ0) is 19.1. The van der Waals surface area contributed by atoms with Gasteiger partial charge in [0.05, 0.1) is 26.0 Å². The fourth-order valence-electron chi connectivity index (χ4n) is 3.27. The lowest BCUT2D eigenvalue weighted by Gasteiger charge is -2.06. The molecule has 5 rings (SSSR count). The van der Waals surface area contributed by atoms with Crippen molar-refractivity contribution in [2.75, 3.05) is 7.11 Å². The molecule has 0 fully saturated rings. The van der Waals surface area contributed by atoms with Crippen molar-refractivity contribution < 1.29 is 4.74 Å². The Bertz CT molecular complexity index is 1360. The maximum Gasteiger partial charge on any atom is 0.328 e. The van der Waals surface area contributed by atoms with E-state index in [9.17, 15) is 4.79 Å². The quantitative estimate of drug-likeness (QED) is 0.523. The lowest BCUT2D eigenvalue weighted by atomic mass is 10.2. The van der Waals surface area contributed by atoms with Gasteiger partial charge in [-0.15, -0.1) is 0 Å². The number of nitrogens with zero attached hydrogens (tertiary/aromatic N) is 5. The molecule has 8 nitrogen and oxygen atoms in total. The van der Waals surface area contributed by atoms with E-state index in [4.69, 9.17) is 4.74 Å². The van der Waals surface area contributed by atoms with Crippen LogP contribution in [0.4, 0.5) is 0 Å². The lowest BCUT2D eigenvalue weighted by molar-refractivity contribution is 0.414. The van der Waals surface area contributed by atoms with Gasteiger partial charge in [0, 0.05) is 6.20 Å². The third kappa shape index (κ3) is 2.62. The molecule has 0 spiro atoms. The summed E-state index contributed by atoms with van der Waals surface area (Å²) >= 11 is 0. The van der Waals surface area contributed by atoms with Gasteiger partial charge in [-0.3, -0.25) is 8.97 Å². The Labute approximate surface area is 159 Å². The molecule has 0 radical (unpaired) electrons. The third-order valence-electron chi connectivity index (χ3n) is 4.63. The number of ether oxygens (including phenoxy) is 1. The Kier molecular flexibility index (Phi) is 3.68. The Balaban J connectivity index is 1.63. The average molecular weight is 372 g/mol. The van der Waals surface area contributed by atoms with Crippen LogP contribution in [0.15, 0.2) is 65.8 Å². The summed E-state index contributed by atoms with van der Waals surface area (Å²) in [5.41, 5.74) is 3.41. The minimum atomic E-state index is -0.234. The molecule has 0 unspecified atom stereocenters. The first-order valence-electron chi connectivity index (χ1n) is 8.74. The van der Waals surface area contributed by atoms with Crippen LogP contribution in [-0.2, 0) is 6.54 Å². The summed E-state index contributed by atoms with van der Waals surface area (Å²) in [5.74, 6) is 1.25. The highest BCUT2D eigenvalue weighted by Gasteiger charge is 2.14. The lowest BCUT2D eigenvalue weighted by Crippen LogP contribution is -2.17. The van der Waals surface area contributed by atoms with Gasteiger partial charge in [-0.05, 0) is 29.8 Å². The average Bonchev–Trinajstić information content (AvgIpc) is 3.29. The summed E-state index contributed by atoms with van der Waals surface area (Å²) in [6.07, 6.45) is 5.27. The maximum absolute atomic E-state index is 12.5. The topological polar surface area (TPSA) is 90.1 Å². The van der Waals surface area contributed by atoms with Gasteiger partial charge in [0.25, 0.3) is 0 Å². The normalized spacial score (nSPS) is 11.3. The van der Waals surface area contributed by atoms with Crippen LogP contribution in [0.5, 0.6) is 5.75 Å². The first kappa shape index (κ1) is 16.2. The molecule has 0 saturated carbocycles. The van der Waals surface area contributed by atoms with Crippen molar-refractivity contribution in [3.8, 4) is 17.3 Å². The number of imidazole rings is 2. The Morgan fingerprint density at radius 3 is 2.93 bits per heavy atom. The van der Waals surface area contributed by atoms with E-state index in [0.717, 1.165) is 22.7 Å². The zero-order valence-electron chi connectivity index (χ0n) is 15.0. The molecular weight excluding hydrogens is 356 g/mol. The minimum Gasteiger partial charge on any atom is -0.497 e. The number of pyridine rings is 1. The second kappa shape index (κ2) is 6.34. The van der Waals surface area contributed by atoms with E-state index in [2.05, 4.69) is 19.9 Å². The molecule has 0 aliphatic rings. The van der Waals surface area contributed by atoms with Crippen LogP contribution in [-0.4, -0.2) is 36.0 Å². The molecule has 4 heterocycles. The van der Waals surface area contributed by atoms with Gasteiger partial charge in [-0.1, -0.05) is 18.2 Å². The fourth-order valence-corrected chi connectivity index (χ4v) is 3.27. The molecule has 28 heavy (non-hydrogen) atoms. The van der Waals surface area contributed by atoms with Gasteiger partial charge in [0.1, 0.15) is 22.6 Å².